The van der Waals surface area contributed by atoms with Crippen molar-refractivity contribution in [1.29, 1.82) is 0 Å². The Balaban J connectivity index is 2.03. The van der Waals surface area contributed by atoms with Crippen LogP contribution in [0.3, 0.4) is 0 Å². The third-order valence-electron chi connectivity index (χ3n) is 2.74. The van der Waals surface area contributed by atoms with Gasteiger partial charge in [-0.25, -0.2) is 0 Å². The molecule has 88 valence electrons. The first kappa shape index (κ1) is 12.7. The van der Waals surface area contributed by atoms with E-state index >= 15 is 0 Å². The van der Waals surface area contributed by atoms with Crippen LogP contribution in [-0.4, -0.2) is 35.4 Å². The molecule has 0 saturated carbocycles. The number of hydrogen-bond donors (Lipinski definition) is 0. The van der Waals surface area contributed by atoms with E-state index in [-0.39, 0.29) is 0 Å². The molecule has 0 amide bonds. The molecule has 0 N–H and O–H groups in total. The van der Waals surface area contributed by atoms with E-state index in [2.05, 4.69) is 36.2 Å². The van der Waals surface area contributed by atoms with E-state index < -0.39 is 0 Å². The van der Waals surface area contributed by atoms with Gasteiger partial charge in [0.05, 0.1) is 12.0 Å². The number of rotatable bonds is 7. The zero-order valence-corrected chi connectivity index (χ0v) is 10.7. The predicted molar refractivity (Wildman–Crippen MR) is 66.9 cm³/mol. The first-order valence-electron chi connectivity index (χ1n) is 5.99. The minimum Gasteiger partial charge on any atom is -0.362 e. The number of halogens is 1. The molecular weight excluding hydrogens is 208 g/mol. The van der Waals surface area contributed by atoms with Gasteiger partial charge in [-0.15, -0.1) is 11.6 Å². The highest BCUT2D eigenvalue weighted by Gasteiger charge is 2.12. The van der Waals surface area contributed by atoms with Crippen LogP contribution in [-0.2, 0) is 0 Å². The summed E-state index contributed by atoms with van der Waals surface area (Å²) in [5.41, 5.74) is 0. The van der Waals surface area contributed by atoms with Gasteiger partial charge in [-0.05, 0) is 6.42 Å². The molecule has 1 heterocycles. The van der Waals surface area contributed by atoms with Crippen molar-refractivity contribution >= 4 is 11.6 Å². The smallest absolute Gasteiger partial charge is 0.0891 e. The fourth-order valence-electron chi connectivity index (χ4n) is 1.85. The lowest BCUT2D eigenvalue weighted by atomic mass is 10.1. The van der Waals surface area contributed by atoms with Gasteiger partial charge in [0.1, 0.15) is 0 Å². The van der Waals surface area contributed by atoms with E-state index in [4.69, 9.17) is 11.6 Å². The van der Waals surface area contributed by atoms with E-state index in [0.717, 1.165) is 19.6 Å². The van der Waals surface area contributed by atoms with Gasteiger partial charge in [-0.3, -0.25) is 0 Å². The molecule has 0 aromatic rings. The maximum atomic E-state index is 6.29. The highest BCUT2D eigenvalue weighted by atomic mass is 35.5. The molecule has 1 unspecified atom stereocenters. The maximum Gasteiger partial charge on any atom is 0.0891 e. The highest BCUT2D eigenvalue weighted by Crippen LogP contribution is 2.14. The van der Waals surface area contributed by atoms with Crippen molar-refractivity contribution in [3.05, 3.63) is 12.4 Å². The number of unbranched alkanes of at least 4 members (excludes halogenated alkanes) is 3. The Labute approximate surface area is 98.9 Å². The Morgan fingerprint density at radius 3 is 2.67 bits per heavy atom. The first-order valence-corrected chi connectivity index (χ1v) is 6.42. The van der Waals surface area contributed by atoms with Crippen LogP contribution in [0.5, 0.6) is 0 Å². The second-order valence-electron chi connectivity index (χ2n) is 4.41. The molecule has 1 rings (SSSR count). The van der Waals surface area contributed by atoms with Gasteiger partial charge in [-0.1, -0.05) is 32.6 Å². The standard InChI is InChI=1S/C12H23ClN2/c1-3-4-5-6-7-12(13)10-15-9-8-14(2)11-15/h8-9,12H,3-7,10-11H2,1-2H3. The molecule has 1 aliphatic rings. The lowest BCUT2D eigenvalue weighted by Gasteiger charge is -2.20. The average molecular weight is 231 g/mol. The van der Waals surface area contributed by atoms with E-state index in [1.807, 2.05) is 0 Å². The van der Waals surface area contributed by atoms with Gasteiger partial charge in [0.15, 0.2) is 0 Å². The minimum atomic E-state index is 0.304. The average Bonchev–Trinajstić information content (AvgIpc) is 2.59. The van der Waals surface area contributed by atoms with E-state index in [0.29, 0.717) is 5.38 Å². The Hall–Kier alpha value is -0.370. The van der Waals surface area contributed by atoms with Gasteiger partial charge < -0.3 is 9.80 Å². The summed E-state index contributed by atoms with van der Waals surface area (Å²) in [5.74, 6) is 0. The molecule has 3 heteroatoms. The Morgan fingerprint density at radius 2 is 2.07 bits per heavy atom. The van der Waals surface area contributed by atoms with E-state index in [1.165, 1.54) is 25.7 Å². The number of nitrogens with zero attached hydrogens (tertiary/aromatic N) is 2. The van der Waals surface area contributed by atoms with Gasteiger partial charge in [0.2, 0.25) is 0 Å². The first-order chi connectivity index (χ1) is 7.22. The van der Waals surface area contributed by atoms with Gasteiger partial charge in [0.25, 0.3) is 0 Å². The molecule has 0 bridgehead atoms. The van der Waals surface area contributed by atoms with Gasteiger partial charge in [0, 0.05) is 26.0 Å². The summed E-state index contributed by atoms with van der Waals surface area (Å²) in [6.45, 7) is 4.20. The fourth-order valence-corrected chi connectivity index (χ4v) is 2.18. The van der Waals surface area contributed by atoms with Crippen LogP contribution in [0.2, 0.25) is 0 Å². The SMILES string of the molecule is CCCCCCC(Cl)CN1C=CN(C)C1. The summed E-state index contributed by atoms with van der Waals surface area (Å²) in [6.07, 6.45) is 10.6. The van der Waals surface area contributed by atoms with Crippen LogP contribution in [0.4, 0.5) is 0 Å². The zero-order chi connectivity index (χ0) is 11.1. The molecular formula is C12H23ClN2. The molecule has 0 radical (unpaired) electrons. The summed E-state index contributed by atoms with van der Waals surface area (Å²) in [7, 11) is 2.08. The summed E-state index contributed by atoms with van der Waals surface area (Å²) in [6, 6.07) is 0. The van der Waals surface area contributed by atoms with Gasteiger partial charge in [-0.2, -0.15) is 0 Å². The summed E-state index contributed by atoms with van der Waals surface area (Å²) >= 11 is 6.29. The molecule has 1 atom stereocenters. The van der Waals surface area contributed by atoms with Crippen molar-refractivity contribution in [2.24, 2.45) is 0 Å². The van der Waals surface area contributed by atoms with Crippen LogP contribution in [0.25, 0.3) is 0 Å². The van der Waals surface area contributed by atoms with E-state index in [9.17, 15) is 0 Å². The Kier molecular flexibility index (Phi) is 5.92. The summed E-state index contributed by atoms with van der Waals surface area (Å²) in [5, 5.41) is 0.304. The maximum absolute atomic E-state index is 6.29. The second kappa shape index (κ2) is 7.00. The highest BCUT2D eigenvalue weighted by molar-refractivity contribution is 6.20. The third-order valence-corrected chi connectivity index (χ3v) is 3.10. The number of hydrogen-bond acceptors (Lipinski definition) is 2. The van der Waals surface area contributed by atoms with Gasteiger partial charge >= 0.3 is 0 Å². The molecule has 0 aromatic carbocycles. The molecule has 0 saturated heterocycles. The molecule has 1 aliphatic heterocycles. The molecule has 15 heavy (non-hydrogen) atoms. The minimum absolute atomic E-state index is 0.304. The van der Waals surface area contributed by atoms with Crippen molar-refractivity contribution < 1.29 is 0 Å². The monoisotopic (exact) mass is 230 g/mol. The number of alkyl halides is 1. The molecule has 0 aliphatic carbocycles. The summed E-state index contributed by atoms with van der Waals surface area (Å²) in [4.78, 5) is 4.44. The molecule has 0 spiro atoms. The Bertz CT molecular complexity index is 194. The fraction of sp³-hybridized carbons (Fsp3) is 0.833. The van der Waals surface area contributed by atoms with Crippen LogP contribution >= 0.6 is 11.6 Å². The Morgan fingerprint density at radius 1 is 1.27 bits per heavy atom. The summed E-state index contributed by atoms with van der Waals surface area (Å²) < 4.78 is 0. The normalized spacial score (nSPS) is 17.5. The second-order valence-corrected chi connectivity index (χ2v) is 5.03. The lowest BCUT2D eigenvalue weighted by molar-refractivity contribution is 0.292. The van der Waals surface area contributed by atoms with Crippen LogP contribution in [0.1, 0.15) is 39.0 Å². The van der Waals surface area contributed by atoms with Crippen LogP contribution < -0.4 is 0 Å². The van der Waals surface area contributed by atoms with Crippen molar-refractivity contribution in [3.63, 3.8) is 0 Å². The van der Waals surface area contributed by atoms with Crippen molar-refractivity contribution in [2.75, 3.05) is 20.3 Å². The van der Waals surface area contributed by atoms with Crippen LogP contribution in [0.15, 0.2) is 12.4 Å². The van der Waals surface area contributed by atoms with E-state index in [1.54, 1.807) is 0 Å². The van der Waals surface area contributed by atoms with Crippen LogP contribution in [0, 0.1) is 0 Å². The zero-order valence-electron chi connectivity index (χ0n) is 9.95. The predicted octanol–water partition coefficient (Wildman–Crippen LogP) is 3.24. The van der Waals surface area contributed by atoms with Crippen molar-refractivity contribution in [3.8, 4) is 0 Å². The van der Waals surface area contributed by atoms with Crippen molar-refractivity contribution in [2.45, 2.75) is 44.4 Å². The largest absolute Gasteiger partial charge is 0.362 e. The molecule has 0 aromatic heterocycles. The van der Waals surface area contributed by atoms with Crippen molar-refractivity contribution in [1.82, 2.24) is 9.80 Å². The third kappa shape index (κ3) is 5.31. The topological polar surface area (TPSA) is 6.48 Å². The quantitative estimate of drug-likeness (QED) is 0.490. The lowest BCUT2D eigenvalue weighted by Crippen LogP contribution is -2.28. The molecule has 0 fully saturated rings. The molecule has 2 nitrogen and oxygen atoms in total.